The number of hydrogen-bond acceptors (Lipinski definition) is 3. The number of rotatable bonds is 11. The Hall–Kier alpha value is -0.601. The van der Waals surface area contributed by atoms with Crippen molar-refractivity contribution < 1.29 is 9.53 Å². The van der Waals surface area contributed by atoms with Crippen LogP contribution in [0.25, 0.3) is 0 Å². The summed E-state index contributed by atoms with van der Waals surface area (Å²) in [6.07, 6.45) is 6.06. The number of thioether (sulfide) groups is 1. The molecule has 4 heteroatoms. The molecule has 0 saturated carbocycles. The molecule has 2 nitrogen and oxygen atoms in total. The van der Waals surface area contributed by atoms with Crippen LogP contribution in [-0.2, 0) is 4.74 Å². The van der Waals surface area contributed by atoms with E-state index in [1.807, 2.05) is 36.0 Å². The van der Waals surface area contributed by atoms with Gasteiger partial charge in [-0.15, -0.1) is 0 Å². The van der Waals surface area contributed by atoms with Crippen LogP contribution in [0.4, 0.5) is 0 Å². The van der Waals surface area contributed by atoms with Crippen molar-refractivity contribution in [1.29, 1.82) is 0 Å². The second-order valence-corrected chi connectivity index (χ2v) is 11.4. The molecular weight excluding hydrogens is 435 g/mol. The molecule has 0 heterocycles. The first-order chi connectivity index (χ1) is 12.2. The van der Waals surface area contributed by atoms with Crippen molar-refractivity contribution in [3.05, 3.63) is 35.4 Å². The SMILES string of the molecule is CCCCC#CC(SC[CH2][Sn][CH2]CCC)c1ccc(C(=O)OC)cc1. The van der Waals surface area contributed by atoms with E-state index in [9.17, 15) is 4.79 Å². The molecule has 25 heavy (non-hydrogen) atoms. The summed E-state index contributed by atoms with van der Waals surface area (Å²) in [6.45, 7) is 4.47. The molecule has 0 aliphatic rings. The molecule has 0 bridgehead atoms. The molecule has 0 saturated heterocycles. The van der Waals surface area contributed by atoms with Crippen LogP contribution in [0.1, 0.15) is 67.1 Å². The number of unbranched alkanes of at least 4 members (excludes halogenated alkanes) is 3. The fraction of sp³-hybridized carbons (Fsp3) is 0.571. The molecule has 0 N–H and O–H groups in total. The van der Waals surface area contributed by atoms with E-state index in [2.05, 4.69) is 25.7 Å². The quantitative estimate of drug-likeness (QED) is 0.179. The molecule has 136 valence electrons. The van der Waals surface area contributed by atoms with Gasteiger partial charge < -0.3 is 0 Å². The zero-order valence-corrected chi connectivity index (χ0v) is 19.4. The molecule has 0 aliphatic carbocycles. The van der Waals surface area contributed by atoms with Gasteiger partial charge in [0.1, 0.15) is 0 Å². The average molecular weight is 465 g/mol. The first-order valence-electron chi connectivity index (χ1n) is 9.21. The Morgan fingerprint density at radius 2 is 1.88 bits per heavy atom. The minimum absolute atomic E-state index is 0.170. The van der Waals surface area contributed by atoms with E-state index in [-0.39, 0.29) is 32.4 Å². The summed E-state index contributed by atoms with van der Waals surface area (Å²) in [4.78, 5) is 11.6. The fourth-order valence-corrected chi connectivity index (χ4v) is 7.93. The Balaban J connectivity index is 2.65. The zero-order valence-electron chi connectivity index (χ0n) is 15.8. The van der Waals surface area contributed by atoms with Crippen molar-refractivity contribution in [2.24, 2.45) is 0 Å². The van der Waals surface area contributed by atoms with Crippen molar-refractivity contribution in [1.82, 2.24) is 0 Å². The molecule has 0 aromatic heterocycles. The Bertz CT molecular complexity index is 545. The van der Waals surface area contributed by atoms with Gasteiger partial charge in [-0.2, -0.15) is 0 Å². The number of methoxy groups -OCH3 is 1. The fourth-order valence-electron chi connectivity index (χ4n) is 2.24. The van der Waals surface area contributed by atoms with E-state index in [0.717, 1.165) is 12.8 Å². The third kappa shape index (κ3) is 9.61. The first kappa shape index (κ1) is 22.4. The number of hydrogen-bond donors (Lipinski definition) is 0. The summed E-state index contributed by atoms with van der Waals surface area (Å²) in [5, 5.41) is 0.217. The van der Waals surface area contributed by atoms with Crippen molar-refractivity contribution in [3.8, 4) is 11.8 Å². The predicted molar refractivity (Wildman–Crippen MR) is 111 cm³/mol. The molecule has 1 unspecified atom stereocenters. The van der Waals surface area contributed by atoms with Gasteiger partial charge in [-0.3, -0.25) is 0 Å². The third-order valence-electron chi connectivity index (χ3n) is 3.79. The number of esters is 1. The van der Waals surface area contributed by atoms with Gasteiger partial charge in [0, 0.05) is 0 Å². The molecule has 1 rings (SSSR count). The molecule has 1 atom stereocenters. The van der Waals surface area contributed by atoms with Crippen LogP contribution in [-0.4, -0.2) is 40.0 Å². The molecule has 0 amide bonds. The normalized spacial score (nSPS) is 11.5. The summed E-state index contributed by atoms with van der Waals surface area (Å²) in [6, 6.07) is 7.74. The Morgan fingerprint density at radius 3 is 2.52 bits per heavy atom. The third-order valence-corrected chi connectivity index (χ3v) is 9.73. The van der Waals surface area contributed by atoms with Gasteiger partial charge in [0.2, 0.25) is 0 Å². The van der Waals surface area contributed by atoms with E-state index in [1.54, 1.807) is 0 Å². The summed E-state index contributed by atoms with van der Waals surface area (Å²) < 4.78 is 7.69. The van der Waals surface area contributed by atoms with Crippen molar-refractivity contribution >= 4 is 38.9 Å². The maximum absolute atomic E-state index is 11.6. The molecular formula is C21H30O2SSn. The Labute approximate surface area is 168 Å². The molecule has 0 fully saturated rings. The second-order valence-electron chi connectivity index (χ2n) is 5.89. The van der Waals surface area contributed by atoms with Gasteiger partial charge >= 0.3 is 169 Å². The monoisotopic (exact) mass is 466 g/mol. The predicted octanol–water partition coefficient (Wildman–Crippen LogP) is 5.78. The number of carbonyl (C=O) groups is 1. The maximum atomic E-state index is 11.6. The zero-order chi connectivity index (χ0) is 18.3. The van der Waals surface area contributed by atoms with Crippen LogP contribution in [0, 0.1) is 11.8 Å². The van der Waals surface area contributed by atoms with E-state index >= 15 is 0 Å². The van der Waals surface area contributed by atoms with Crippen molar-refractivity contribution in [2.75, 3.05) is 12.9 Å². The molecule has 1 aromatic carbocycles. The minimum atomic E-state index is -0.284. The molecule has 1 aromatic rings. The number of ether oxygens (including phenoxy) is 1. The number of carbonyl (C=O) groups excluding carboxylic acids is 1. The number of benzene rings is 1. The van der Waals surface area contributed by atoms with Crippen molar-refractivity contribution in [2.45, 2.75) is 60.1 Å². The summed E-state index contributed by atoms with van der Waals surface area (Å²) in [5.74, 6) is 7.72. The molecule has 0 spiro atoms. The van der Waals surface area contributed by atoms with Gasteiger partial charge in [-0.1, -0.05) is 0 Å². The van der Waals surface area contributed by atoms with Gasteiger partial charge in [-0.25, -0.2) is 0 Å². The van der Waals surface area contributed by atoms with Crippen LogP contribution in [0.3, 0.4) is 0 Å². The van der Waals surface area contributed by atoms with E-state index in [0.29, 0.717) is 5.56 Å². The second kappa shape index (κ2) is 14.6. The van der Waals surface area contributed by atoms with Crippen LogP contribution < -0.4 is 0 Å². The van der Waals surface area contributed by atoms with E-state index in [1.165, 1.54) is 46.6 Å². The summed E-state index contributed by atoms with van der Waals surface area (Å²) in [5.41, 5.74) is 1.79. The topological polar surface area (TPSA) is 26.3 Å². The first-order valence-corrected chi connectivity index (χ1v) is 14.3. The molecule has 2 radical (unpaired) electrons. The molecule has 0 aliphatic heterocycles. The van der Waals surface area contributed by atoms with Gasteiger partial charge in [-0.05, 0) is 0 Å². The Kier molecular flexibility index (Phi) is 13.1. The standard InChI is InChI=1S/C17H21O2S.C4H9.Sn/c1-4-6-7-8-9-16(20-5-2)14-10-12-15(13-11-14)17(18)19-3;1-3-4-2;/h10-13,16H,2,4-7H2,1,3H3;1,3-4H2,2H3;. The van der Waals surface area contributed by atoms with Crippen LogP contribution in [0.2, 0.25) is 8.87 Å². The Morgan fingerprint density at radius 1 is 1.16 bits per heavy atom. The summed E-state index contributed by atoms with van der Waals surface area (Å²) >= 11 is 1.79. The average Bonchev–Trinajstić information content (AvgIpc) is 2.65. The van der Waals surface area contributed by atoms with Crippen LogP contribution in [0.5, 0.6) is 0 Å². The van der Waals surface area contributed by atoms with E-state index < -0.39 is 0 Å². The van der Waals surface area contributed by atoms with Crippen molar-refractivity contribution in [3.63, 3.8) is 0 Å². The van der Waals surface area contributed by atoms with E-state index in [4.69, 9.17) is 4.74 Å². The van der Waals surface area contributed by atoms with Crippen LogP contribution in [0.15, 0.2) is 24.3 Å². The van der Waals surface area contributed by atoms with Crippen LogP contribution >= 0.6 is 11.8 Å². The van der Waals surface area contributed by atoms with Gasteiger partial charge in [0.15, 0.2) is 0 Å². The van der Waals surface area contributed by atoms with Gasteiger partial charge in [0.05, 0.1) is 0 Å². The summed E-state index contributed by atoms with van der Waals surface area (Å²) in [7, 11) is 1.41. The van der Waals surface area contributed by atoms with Gasteiger partial charge in [0.25, 0.3) is 0 Å².